The molecule has 0 bridgehead atoms. The Balaban J connectivity index is 2.50. The molecule has 1 aromatic carbocycles. The summed E-state index contributed by atoms with van der Waals surface area (Å²) in [4.78, 5) is 26.8. The molecule has 6 nitrogen and oxygen atoms in total. The maximum Gasteiger partial charge on any atom is 0.234 e. The van der Waals surface area contributed by atoms with E-state index >= 15 is 0 Å². The first kappa shape index (κ1) is 10.2. The van der Waals surface area contributed by atoms with E-state index in [-0.39, 0.29) is 30.3 Å². The highest BCUT2D eigenvalue weighted by molar-refractivity contribution is 6.21. The second-order valence-electron chi connectivity index (χ2n) is 3.30. The van der Waals surface area contributed by atoms with Gasteiger partial charge in [0.1, 0.15) is 0 Å². The Morgan fingerprint density at radius 2 is 1.81 bits per heavy atom. The average molecular weight is 216 g/mol. The molecule has 0 saturated carbocycles. The minimum atomic E-state index is -0.259. The Morgan fingerprint density at radius 3 is 2.44 bits per heavy atom. The number of para-hydroxylation sites is 1. The molecule has 0 radical (unpaired) electrons. The second-order valence-corrected chi connectivity index (χ2v) is 3.30. The van der Waals surface area contributed by atoms with Crippen molar-refractivity contribution in [1.29, 1.82) is 0 Å². The summed E-state index contributed by atoms with van der Waals surface area (Å²) in [6.07, 6.45) is 0.423. The average Bonchev–Trinajstić information content (AvgIpc) is 2.60. The highest BCUT2D eigenvalue weighted by Crippen LogP contribution is 2.31. The Hall–Kier alpha value is -2.33. The molecule has 16 heavy (non-hydrogen) atoms. The Morgan fingerprint density at radius 1 is 1.19 bits per heavy atom. The predicted octanol–water partition coefficient (Wildman–Crippen LogP) is 2.28. The number of hydrogen-bond donors (Lipinski definition) is 0. The molecular formula is C10H8N4O2. The van der Waals surface area contributed by atoms with Crippen LogP contribution in [0.5, 0.6) is 0 Å². The minimum absolute atomic E-state index is 0.212. The molecule has 1 aromatic rings. The van der Waals surface area contributed by atoms with Gasteiger partial charge in [-0.05, 0) is 11.6 Å². The normalized spacial score (nSPS) is 15.1. The van der Waals surface area contributed by atoms with Crippen LogP contribution < -0.4 is 4.90 Å². The molecule has 0 aliphatic carbocycles. The molecule has 0 spiro atoms. The van der Waals surface area contributed by atoms with Gasteiger partial charge in [-0.2, -0.15) is 0 Å². The first-order valence-electron chi connectivity index (χ1n) is 4.74. The van der Waals surface area contributed by atoms with Crippen LogP contribution in [0.3, 0.4) is 0 Å². The lowest BCUT2D eigenvalue weighted by molar-refractivity contribution is -0.121. The van der Waals surface area contributed by atoms with Gasteiger partial charge in [-0.25, -0.2) is 0 Å². The number of anilines is 1. The lowest BCUT2D eigenvalue weighted by Gasteiger charge is -2.15. The highest BCUT2D eigenvalue weighted by atomic mass is 16.2. The molecule has 80 valence electrons. The maximum absolute atomic E-state index is 11.5. The minimum Gasteiger partial charge on any atom is -0.274 e. The number of carbonyl (C=O) groups excluding carboxylic acids is 2. The Bertz CT molecular complexity index is 489. The van der Waals surface area contributed by atoms with Crippen LogP contribution in [0.15, 0.2) is 29.4 Å². The fourth-order valence-electron chi connectivity index (χ4n) is 1.63. The van der Waals surface area contributed by atoms with Crippen molar-refractivity contribution >= 4 is 23.2 Å². The number of azide groups is 1. The summed E-state index contributed by atoms with van der Waals surface area (Å²) in [6.45, 7) is 0. The number of carbonyl (C=O) groups is 2. The lowest BCUT2D eigenvalue weighted by Crippen LogP contribution is -2.28. The molecule has 2 amide bonds. The van der Waals surface area contributed by atoms with Crippen LogP contribution in [0.1, 0.15) is 12.8 Å². The van der Waals surface area contributed by atoms with Gasteiger partial charge in [-0.3, -0.25) is 14.5 Å². The number of hydrogen-bond acceptors (Lipinski definition) is 3. The van der Waals surface area contributed by atoms with Crippen LogP contribution in [0.25, 0.3) is 10.4 Å². The molecule has 1 fully saturated rings. The van der Waals surface area contributed by atoms with Gasteiger partial charge in [0.05, 0.1) is 11.4 Å². The third-order valence-corrected chi connectivity index (χ3v) is 2.33. The van der Waals surface area contributed by atoms with Crippen molar-refractivity contribution < 1.29 is 9.59 Å². The number of rotatable bonds is 2. The molecule has 0 atom stereocenters. The third kappa shape index (κ3) is 1.62. The van der Waals surface area contributed by atoms with Crippen LogP contribution in [0, 0.1) is 0 Å². The van der Waals surface area contributed by atoms with Crippen LogP contribution >= 0.6 is 0 Å². The van der Waals surface area contributed by atoms with Crippen LogP contribution in [-0.4, -0.2) is 11.8 Å². The summed E-state index contributed by atoms with van der Waals surface area (Å²) in [5.74, 6) is -0.517. The molecular weight excluding hydrogens is 208 g/mol. The number of benzene rings is 1. The van der Waals surface area contributed by atoms with Gasteiger partial charge < -0.3 is 0 Å². The highest BCUT2D eigenvalue weighted by Gasteiger charge is 2.31. The summed E-state index contributed by atoms with van der Waals surface area (Å²) in [7, 11) is 0. The van der Waals surface area contributed by atoms with E-state index in [1.54, 1.807) is 24.3 Å². The van der Waals surface area contributed by atoms with Gasteiger partial charge in [0.2, 0.25) is 11.8 Å². The van der Waals surface area contributed by atoms with Crippen LogP contribution in [0.4, 0.5) is 11.4 Å². The van der Waals surface area contributed by atoms with Crippen molar-refractivity contribution in [3.63, 3.8) is 0 Å². The SMILES string of the molecule is [N-]=[N+]=Nc1ccccc1N1C(=O)CCC1=O. The molecule has 0 aromatic heterocycles. The van der Waals surface area contributed by atoms with Gasteiger partial charge in [0, 0.05) is 17.8 Å². The van der Waals surface area contributed by atoms with Crippen molar-refractivity contribution in [2.75, 3.05) is 4.90 Å². The predicted molar refractivity (Wildman–Crippen MR) is 57.0 cm³/mol. The van der Waals surface area contributed by atoms with Gasteiger partial charge in [0.25, 0.3) is 0 Å². The van der Waals surface area contributed by atoms with E-state index in [1.807, 2.05) is 0 Å². The number of amides is 2. The van der Waals surface area contributed by atoms with Crippen molar-refractivity contribution in [2.24, 2.45) is 5.11 Å². The van der Waals surface area contributed by atoms with Crippen LogP contribution in [-0.2, 0) is 9.59 Å². The van der Waals surface area contributed by atoms with Crippen molar-refractivity contribution in [1.82, 2.24) is 0 Å². The Labute approximate surface area is 91.1 Å². The molecule has 1 aliphatic heterocycles. The zero-order chi connectivity index (χ0) is 11.5. The zero-order valence-electron chi connectivity index (χ0n) is 8.33. The third-order valence-electron chi connectivity index (χ3n) is 2.33. The summed E-state index contributed by atoms with van der Waals surface area (Å²) < 4.78 is 0. The summed E-state index contributed by atoms with van der Waals surface area (Å²) >= 11 is 0. The molecule has 2 rings (SSSR count). The molecule has 1 heterocycles. The largest absolute Gasteiger partial charge is 0.274 e. The molecule has 6 heteroatoms. The van der Waals surface area contributed by atoms with E-state index in [9.17, 15) is 9.59 Å². The fourth-order valence-corrected chi connectivity index (χ4v) is 1.63. The summed E-state index contributed by atoms with van der Waals surface area (Å²) in [5.41, 5.74) is 9.03. The maximum atomic E-state index is 11.5. The number of nitrogens with zero attached hydrogens (tertiary/aromatic N) is 4. The summed E-state index contributed by atoms with van der Waals surface area (Å²) in [5, 5.41) is 3.45. The van der Waals surface area contributed by atoms with E-state index in [2.05, 4.69) is 10.0 Å². The topological polar surface area (TPSA) is 86.1 Å². The molecule has 0 unspecified atom stereocenters. The van der Waals surface area contributed by atoms with Crippen molar-refractivity contribution in [3.05, 3.63) is 34.7 Å². The van der Waals surface area contributed by atoms with E-state index < -0.39 is 0 Å². The van der Waals surface area contributed by atoms with E-state index in [0.29, 0.717) is 5.69 Å². The lowest BCUT2D eigenvalue weighted by atomic mass is 10.2. The number of imide groups is 1. The standard InChI is InChI=1S/C10H8N4O2/c11-13-12-7-3-1-2-4-8(7)14-9(15)5-6-10(14)16/h1-4H,5-6H2. The first-order valence-corrected chi connectivity index (χ1v) is 4.74. The monoisotopic (exact) mass is 216 g/mol. The fraction of sp³-hybridized carbons (Fsp3) is 0.200. The summed E-state index contributed by atoms with van der Waals surface area (Å²) in [6, 6.07) is 6.52. The van der Waals surface area contributed by atoms with E-state index in [0.717, 1.165) is 4.90 Å². The molecule has 0 N–H and O–H groups in total. The van der Waals surface area contributed by atoms with E-state index in [1.165, 1.54) is 0 Å². The first-order chi connectivity index (χ1) is 7.74. The quantitative estimate of drug-likeness (QED) is 0.328. The second kappa shape index (κ2) is 4.04. The van der Waals surface area contributed by atoms with Crippen molar-refractivity contribution in [3.8, 4) is 0 Å². The van der Waals surface area contributed by atoms with Gasteiger partial charge in [-0.15, -0.1) is 0 Å². The van der Waals surface area contributed by atoms with E-state index in [4.69, 9.17) is 5.53 Å². The Kier molecular flexibility index (Phi) is 2.57. The van der Waals surface area contributed by atoms with Crippen molar-refractivity contribution in [2.45, 2.75) is 12.8 Å². The molecule has 1 saturated heterocycles. The van der Waals surface area contributed by atoms with Gasteiger partial charge in [0.15, 0.2) is 0 Å². The molecule has 1 aliphatic rings. The zero-order valence-corrected chi connectivity index (χ0v) is 8.33. The smallest absolute Gasteiger partial charge is 0.234 e. The van der Waals surface area contributed by atoms with Gasteiger partial charge >= 0.3 is 0 Å². The van der Waals surface area contributed by atoms with Crippen LogP contribution in [0.2, 0.25) is 0 Å². The van der Waals surface area contributed by atoms with Gasteiger partial charge in [-0.1, -0.05) is 23.3 Å².